The number of carbonyl (C=O) groups is 1. The number of rotatable bonds is 4. The molecule has 3 atom stereocenters. The Bertz CT molecular complexity index is 642. The van der Waals surface area contributed by atoms with Crippen molar-refractivity contribution in [1.29, 1.82) is 0 Å². The summed E-state index contributed by atoms with van der Waals surface area (Å²) in [5, 5.41) is 3.55. The minimum Gasteiger partial charge on any atom is -0.378 e. The molecule has 4 rings (SSSR count). The van der Waals surface area contributed by atoms with Gasteiger partial charge in [0.2, 0.25) is 5.95 Å². The van der Waals surface area contributed by atoms with Gasteiger partial charge in [0.25, 0.3) is 5.91 Å². The molecule has 1 aliphatic heterocycles. The highest BCUT2D eigenvalue weighted by Gasteiger charge is 2.39. The summed E-state index contributed by atoms with van der Waals surface area (Å²) in [5.41, 5.74) is 1.48. The van der Waals surface area contributed by atoms with Crippen LogP contribution in [0.25, 0.3) is 0 Å². The van der Waals surface area contributed by atoms with Crippen molar-refractivity contribution in [2.45, 2.75) is 51.5 Å². The van der Waals surface area contributed by atoms with E-state index in [9.17, 15) is 4.79 Å². The summed E-state index contributed by atoms with van der Waals surface area (Å²) in [4.78, 5) is 23.9. The molecule has 0 unspecified atom stereocenters. The molecule has 2 aliphatic carbocycles. The highest BCUT2D eigenvalue weighted by atomic mass is 16.5. The fourth-order valence-corrected chi connectivity index (χ4v) is 4.59. The van der Waals surface area contributed by atoms with Crippen LogP contribution < -0.4 is 5.32 Å². The third kappa shape index (κ3) is 3.36. The lowest BCUT2D eigenvalue weighted by Crippen LogP contribution is -2.41. The van der Waals surface area contributed by atoms with E-state index in [1.807, 2.05) is 4.90 Å². The predicted molar refractivity (Wildman–Crippen MR) is 95.7 cm³/mol. The minimum absolute atomic E-state index is 0.0264. The van der Waals surface area contributed by atoms with Gasteiger partial charge in [0.1, 0.15) is 0 Å². The fraction of sp³-hybridized carbons (Fsp3) is 0.737. The van der Waals surface area contributed by atoms with Gasteiger partial charge in [0, 0.05) is 25.3 Å². The van der Waals surface area contributed by atoms with Crippen LogP contribution in [-0.4, -0.2) is 53.1 Å². The van der Waals surface area contributed by atoms with E-state index in [4.69, 9.17) is 9.72 Å². The van der Waals surface area contributed by atoms with Crippen LogP contribution >= 0.6 is 0 Å². The fourth-order valence-electron chi connectivity index (χ4n) is 4.59. The molecule has 25 heavy (non-hydrogen) atoms. The second-order valence-electron chi connectivity index (χ2n) is 7.98. The van der Waals surface area contributed by atoms with Gasteiger partial charge in [-0.3, -0.25) is 4.79 Å². The van der Waals surface area contributed by atoms with Gasteiger partial charge in [-0.2, -0.15) is 0 Å². The summed E-state index contributed by atoms with van der Waals surface area (Å²) >= 11 is 0. The topological polar surface area (TPSA) is 67.4 Å². The van der Waals surface area contributed by atoms with Gasteiger partial charge >= 0.3 is 0 Å². The zero-order chi connectivity index (χ0) is 17.4. The zero-order valence-electron chi connectivity index (χ0n) is 15.2. The molecule has 1 N–H and O–H groups in total. The van der Waals surface area contributed by atoms with Crippen molar-refractivity contribution in [3.63, 3.8) is 0 Å². The first-order valence-electron chi connectivity index (χ1n) is 9.62. The molecular weight excluding hydrogens is 316 g/mol. The van der Waals surface area contributed by atoms with Crippen LogP contribution in [0.3, 0.4) is 0 Å². The number of hydrogen-bond donors (Lipinski definition) is 1. The van der Waals surface area contributed by atoms with Crippen LogP contribution in [0.1, 0.15) is 61.5 Å². The maximum absolute atomic E-state index is 12.9. The molecule has 0 radical (unpaired) electrons. The Morgan fingerprint density at radius 1 is 1.28 bits per heavy atom. The van der Waals surface area contributed by atoms with E-state index in [0.29, 0.717) is 43.9 Å². The van der Waals surface area contributed by atoms with Gasteiger partial charge in [-0.15, -0.1) is 0 Å². The molecule has 1 amide bonds. The molecule has 3 fully saturated rings. The first-order chi connectivity index (χ1) is 12.1. The van der Waals surface area contributed by atoms with E-state index in [1.54, 1.807) is 6.20 Å². The SMILES string of the molecule is CC(C)c1nc(N[C@@H]2C[C@@H]3CC[C@@H]2C3)ncc1C(=O)N1CCOCC1. The minimum atomic E-state index is 0.0264. The van der Waals surface area contributed by atoms with Crippen LogP contribution in [-0.2, 0) is 4.74 Å². The number of aromatic nitrogens is 2. The van der Waals surface area contributed by atoms with E-state index in [2.05, 4.69) is 24.1 Å². The Balaban J connectivity index is 1.53. The molecule has 0 spiro atoms. The molecule has 136 valence electrons. The number of amides is 1. The highest BCUT2D eigenvalue weighted by Crippen LogP contribution is 2.45. The summed E-state index contributed by atoms with van der Waals surface area (Å²) in [6.07, 6.45) is 7.01. The van der Waals surface area contributed by atoms with Crippen molar-refractivity contribution in [2.75, 3.05) is 31.6 Å². The Morgan fingerprint density at radius 3 is 2.72 bits per heavy atom. The third-order valence-corrected chi connectivity index (χ3v) is 5.95. The number of ether oxygens (including phenoxy) is 1. The molecule has 1 aromatic heterocycles. The van der Waals surface area contributed by atoms with Crippen molar-refractivity contribution < 1.29 is 9.53 Å². The smallest absolute Gasteiger partial charge is 0.257 e. The molecule has 1 aromatic rings. The number of fused-ring (bicyclic) bond motifs is 2. The number of carbonyl (C=O) groups excluding carboxylic acids is 1. The van der Waals surface area contributed by atoms with Crippen molar-refractivity contribution >= 4 is 11.9 Å². The maximum atomic E-state index is 12.9. The van der Waals surface area contributed by atoms with Gasteiger partial charge in [-0.05, 0) is 37.0 Å². The van der Waals surface area contributed by atoms with E-state index >= 15 is 0 Å². The first kappa shape index (κ1) is 16.8. The van der Waals surface area contributed by atoms with Gasteiger partial charge < -0.3 is 15.0 Å². The van der Waals surface area contributed by atoms with E-state index in [0.717, 1.165) is 17.5 Å². The second-order valence-corrected chi connectivity index (χ2v) is 7.98. The molecule has 0 aromatic carbocycles. The number of morpholine rings is 1. The number of hydrogen-bond acceptors (Lipinski definition) is 5. The van der Waals surface area contributed by atoms with Crippen LogP contribution in [0.4, 0.5) is 5.95 Å². The quantitative estimate of drug-likeness (QED) is 0.909. The van der Waals surface area contributed by atoms with Crippen LogP contribution in [0, 0.1) is 11.8 Å². The Kier molecular flexibility index (Phi) is 4.63. The van der Waals surface area contributed by atoms with Crippen LogP contribution in [0.5, 0.6) is 0 Å². The van der Waals surface area contributed by atoms with Gasteiger partial charge in [-0.1, -0.05) is 20.3 Å². The lowest BCUT2D eigenvalue weighted by molar-refractivity contribution is 0.0301. The van der Waals surface area contributed by atoms with Crippen molar-refractivity contribution in [3.8, 4) is 0 Å². The number of anilines is 1. The lowest BCUT2D eigenvalue weighted by atomic mass is 9.95. The molecule has 2 bridgehead atoms. The summed E-state index contributed by atoms with van der Waals surface area (Å²) < 4.78 is 5.35. The average Bonchev–Trinajstić information content (AvgIpc) is 3.25. The highest BCUT2D eigenvalue weighted by molar-refractivity contribution is 5.95. The number of nitrogens with one attached hydrogen (secondary N) is 1. The summed E-state index contributed by atoms with van der Waals surface area (Å²) in [5.74, 6) is 2.54. The Morgan fingerprint density at radius 2 is 2.08 bits per heavy atom. The van der Waals surface area contributed by atoms with Crippen LogP contribution in [0.15, 0.2) is 6.20 Å². The van der Waals surface area contributed by atoms with E-state index < -0.39 is 0 Å². The normalized spacial score (nSPS) is 28.6. The molecular formula is C19H28N4O2. The largest absolute Gasteiger partial charge is 0.378 e. The Hall–Kier alpha value is -1.69. The third-order valence-electron chi connectivity index (χ3n) is 5.95. The molecule has 2 saturated carbocycles. The van der Waals surface area contributed by atoms with Gasteiger partial charge in [0.05, 0.1) is 24.5 Å². The standard InChI is InChI=1S/C19H28N4O2/c1-12(2)17-15(18(24)23-5-7-25-8-6-23)11-20-19(22-17)21-16-10-13-3-4-14(16)9-13/h11-14,16H,3-10H2,1-2H3,(H,20,21,22)/t13-,14-,16-/m1/s1. The first-order valence-corrected chi connectivity index (χ1v) is 9.62. The molecule has 1 saturated heterocycles. The van der Waals surface area contributed by atoms with Gasteiger partial charge in [-0.25, -0.2) is 9.97 Å². The van der Waals surface area contributed by atoms with Crippen molar-refractivity contribution in [2.24, 2.45) is 11.8 Å². The molecule has 6 nitrogen and oxygen atoms in total. The maximum Gasteiger partial charge on any atom is 0.257 e. The number of nitrogens with zero attached hydrogens (tertiary/aromatic N) is 3. The summed E-state index contributed by atoms with van der Waals surface area (Å²) in [6, 6.07) is 0.500. The summed E-state index contributed by atoms with van der Waals surface area (Å²) in [7, 11) is 0. The monoisotopic (exact) mass is 344 g/mol. The summed E-state index contributed by atoms with van der Waals surface area (Å²) in [6.45, 7) is 6.66. The predicted octanol–water partition coefficient (Wildman–Crippen LogP) is 2.67. The average molecular weight is 344 g/mol. The zero-order valence-corrected chi connectivity index (χ0v) is 15.2. The van der Waals surface area contributed by atoms with Crippen molar-refractivity contribution in [3.05, 3.63) is 17.5 Å². The molecule has 3 aliphatic rings. The van der Waals surface area contributed by atoms with Gasteiger partial charge in [0.15, 0.2) is 0 Å². The van der Waals surface area contributed by atoms with E-state index in [-0.39, 0.29) is 11.8 Å². The Labute approximate surface area is 149 Å². The van der Waals surface area contributed by atoms with E-state index in [1.165, 1.54) is 25.7 Å². The van der Waals surface area contributed by atoms with Crippen molar-refractivity contribution in [1.82, 2.24) is 14.9 Å². The van der Waals surface area contributed by atoms with Crippen LogP contribution in [0.2, 0.25) is 0 Å². The molecule has 6 heteroatoms. The lowest BCUT2D eigenvalue weighted by Gasteiger charge is -2.28. The molecule has 2 heterocycles. The second kappa shape index (κ2) is 6.90.